The summed E-state index contributed by atoms with van der Waals surface area (Å²) in [6, 6.07) is 15.2. The van der Waals surface area contributed by atoms with Gasteiger partial charge in [0.25, 0.3) is 5.91 Å². The Morgan fingerprint density at radius 1 is 1.05 bits per heavy atom. The van der Waals surface area contributed by atoms with Crippen LogP contribution < -0.4 is 19.6 Å². The van der Waals surface area contributed by atoms with Crippen molar-refractivity contribution in [1.82, 2.24) is 4.90 Å². The number of carbonyl (C=O) groups excluding carboxylic acids is 2. The topological polar surface area (TPSA) is 93.0 Å². The molecule has 0 spiro atoms. The number of rotatable bonds is 10. The molecule has 2 aromatic carbocycles. The average molecular weight is 501 g/mol. The number of H-pyrrole nitrogens is 1. The van der Waals surface area contributed by atoms with Crippen molar-refractivity contribution in [2.45, 2.75) is 46.2 Å². The van der Waals surface area contributed by atoms with E-state index >= 15 is 0 Å². The lowest BCUT2D eigenvalue weighted by atomic mass is 9.94. The van der Waals surface area contributed by atoms with E-state index in [0.717, 1.165) is 24.0 Å². The molecule has 1 fully saturated rings. The van der Waals surface area contributed by atoms with Crippen LogP contribution >= 0.6 is 0 Å². The summed E-state index contributed by atoms with van der Waals surface area (Å²) in [6.07, 6.45) is 5.50. The van der Waals surface area contributed by atoms with Crippen molar-refractivity contribution >= 4 is 17.4 Å². The molecule has 1 N–H and O–H groups in total. The van der Waals surface area contributed by atoms with E-state index in [0.29, 0.717) is 35.8 Å². The number of likely N-dealkylation sites (tertiary alicyclic amines) is 1. The third kappa shape index (κ3) is 5.66. The molecule has 0 saturated carbocycles. The Morgan fingerprint density at radius 3 is 2.49 bits per heavy atom. The van der Waals surface area contributed by atoms with Gasteiger partial charge in [0.15, 0.2) is 12.4 Å². The second-order valence-electron chi connectivity index (χ2n) is 9.00. The van der Waals surface area contributed by atoms with Crippen molar-refractivity contribution in [3.63, 3.8) is 0 Å². The summed E-state index contributed by atoms with van der Waals surface area (Å²) >= 11 is 0. The van der Waals surface area contributed by atoms with Gasteiger partial charge in [0.05, 0.1) is 25.8 Å². The monoisotopic (exact) mass is 500 g/mol. The molecule has 7 nitrogen and oxygen atoms in total. The van der Waals surface area contributed by atoms with Crippen LogP contribution in [0.5, 0.6) is 11.5 Å². The molecule has 1 saturated heterocycles. The molecule has 37 heavy (non-hydrogen) atoms. The van der Waals surface area contributed by atoms with Gasteiger partial charge in [0.2, 0.25) is 5.78 Å². The van der Waals surface area contributed by atoms with Gasteiger partial charge in [-0.15, -0.1) is 0 Å². The minimum atomic E-state index is -0.816. The largest absolute Gasteiger partial charge is 0.872 e. The summed E-state index contributed by atoms with van der Waals surface area (Å²) in [4.78, 5) is 31.0. The van der Waals surface area contributed by atoms with E-state index in [2.05, 4.69) is 11.9 Å². The number of aryl methyl sites for hydroxylation is 1. The van der Waals surface area contributed by atoms with Crippen molar-refractivity contribution in [2.75, 3.05) is 13.2 Å². The Bertz CT molecular complexity index is 1290. The third-order valence-electron chi connectivity index (χ3n) is 6.35. The second-order valence-corrected chi connectivity index (χ2v) is 9.00. The maximum absolute atomic E-state index is 13.8. The highest BCUT2D eigenvalue weighted by atomic mass is 16.5. The zero-order valence-electron chi connectivity index (χ0n) is 21.5. The van der Waals surface area contributed by atoms with Gasteiger partial charge in [0.1, 0.15) is 11.5 Å². The van der Waals surface area contributed by atoms with Crippen molar-refractivity contribution in [1.29, 1.82) is 0 Å². The molecule has 1 aliphatic rings. The van der Waals surface area contributed by atoms with Gasteiger partial charge in [-0.05, 0) is 67.3 Å². The Kier molecular flexibility index (Phi) is 8.23. The first-order chi connectivity index (χ1) is 17.9. The molecule has 192 valence electrons. The molecular weight excluding hydrogens is 468 g/mol. The highest BCUT2D eigenvalue weighted by Crippen LogP contribution is 2.40. The highest BCUT2D eigenvalue weighted by molar-refractivity contribution is 6.46. The maximum Gasteiger partial charge on any atom is 0.295 e. The normalized spacial score (nSPS) is 16.7. The highest BCUT2D eigenvalue weighted by Gasteiger charge is 2.44. The zero-order chi connectivity index (χ0) is 26.4. The van der Waals surface area contributed by atoms with E-state index < -0.39 is 23.5 Å². The lowest BCUT2D eigenvalue weighted by Crippen LogP contribution is -2.29. The van der Waals surface area contributed by atoms with Crippen LogP contribution in [0.4, 0.5) is 0 Å². The SMILES string of the molecule is CCCCOc1ccc(/C([O-])=C2\C(=O)C(=O)N(Cc3ccc[nH+]c3)C2c2ccc(OCC)cc2)cc1C. The fraction of sp³-hybridized carbons (Fsp3) is 0.300. The summed E-state index contributed by atoms with van der Waals surface area (Å²) < 4.78 is 11.4. The Labute approximate surface area is 217 Å². The van der Waals surface area contributed by atoms with E-state index in [1.165, 1.54) is 4.90 Å². The number of nitrogens with zero attached hydrogens (tertiary/aromatic N) is 1. The van der Waals surface area contributed by atoms with Gasteiger partial charge in [-0.3, -0.25) is 9.59 Å². The number of aromatic nitrogens is 1. The van der Waals surface area contributed by atoms with Gasteiger partial charge in [-0.25, -0.2) is 4.98 Å². The number of aromatic amines is 1. The van der Waals surface area contributed by atoms with Crippen LogP contribution in [0.2, 0.25) is 0 Å². The molecule has 0 radical (unpaired) electrons. The summed E-state index contributed by atoms with van der Waals surface area (Å²) in [5, 5.41) is 13.8. The number of ketones is 1. The number of nitrogens with one attached hydrogen (secondary N) is 1. The lowest BCUT2D eigenvalue weighted by Gasteiger charge is -2.27. The first kappa shape index (κ1) is 25.9. The van der Waals surface area contributed by atoms with Crippen LogP contribution in [0.1, 0.15) is 55.0 Å². The quantitative estimate of drug-likeness (QED) is 0.183. The number of hydrogen-bond acceptors (Lipinski definition) is 5. The Hall–Kier alpha value is -4.13. The number of hydrogen-bond donors (Lipinski definition) is 0. The molecule has 1 atom stereocenters. The van der Waals surface area contributed by atoms with E-state index in [4.69, 9.17) is 9.47 Å². The molecule has 2 heterocycles. The fourth-order valence-electron chi connectivity index (χ4n) is 4.45. The van der Waals surface area contributed by atoms with Crippen LogP contribution in [0.3, 0.4) is 0 Å². The molecule has 1 unspecified atom stereocenters. The summed E-state index contributed by atoms with van der Waals surface area (Å²) in [5.74, 6) is -0.545. The lowest BCUT2D eigenvalue weighted by molar-refractivity contribution is -0.378. The number of amides is 1. The predicted octanol–water partition coefficient (Wildman–Crippen LogP) is 3.81. The number of Topliss-reactive ketones (excluding diaryl/α,β-unsaturated/α-hetero) is 1. The Balaban J connectivity index is 1.77. The molecule has 4 rings (SSSR count). The van der Waals surface area contributed by atoms with Crippen molar-refractivity contribution in [3.8, 4) is 11.5 Å². The molecule has 1 amide bonds. The first-order valence-electron chi connectivity index (χ1n) is 12.6. The maximum atomic E-state index is 13.8. The number of carbonyl (C=O) groups is 2. The number of benzene rings is 2. The number of pyridine rings is 1. The summed E-state index contributed by atoms with van der Waals surface area (Å²) in [6.45, 7) is 7.15. The average Bonchev–Trinajstić information content (AvgIpc) is 3.15. The molecule has 1 aliphatic heterocycles. The second kappa shape index (κ2) is 11.7. The van der Waals surface area contributed by atoms with Gasteiger partial charge >= 0.3 is 0 Å². The molecule has 3 aromatic rings. The van der Waals surface area contributed by atoms with E-state index in [1.807, 2.05) is 26.0 Å². The summed E-state index contributed by atoms with van der Waals surface area (Å²) in [5.41, 5.74) is 2.59. The van der Waals surface area contributed by atoms with Gasteiger partial charge in [0, 0.05) is 17.2 Å². The predicted molar refractivity (Wildman–Crippen MR) is 137 cm³/mol. The number of ether oxygens (including phenoxy) is 2. The van der Waals surface area contributed by atoms with E-state index in [9.17, 15) is 14.7 Å². The minimum absolute atomic E-state index is 0.0480. The number of unbranched alkanes of at least 4 members (excludes halogenated alkanes) is 1. The van der Waals surface area contributed by atoms with Crippen LogP contribution in [-0.2, 0) is 16.1 Å². The van der Waals surface area contributed by atoms with Crippen LogP contribution in [0.25, 0.3) is 5.76 Å². The molecule has 7 heteroatoms. The van der Waals surface area contributed by atoms with Crippen molar-refractivity contribution in [3.05, 3.63) is 94.8 Å². The smallest absolute Gasteiger partial charge is 0.295 e. The minimum Gasteiger partial charge on any atom is -0.872 e. The molecular formula is C30H32N2O5. The first-order valence-corrected chi connectivity index (χ1v) is 12.6. The summed E-state index contributed by atoms with van der Waals surface area (Å²) in [7, 11) is 0. The molecule has 1 aromatic heterocycles. The molecule has 0 bridgehead atoms. The standard InChI is InChI=1S/C30H32N2O5/c1-4-6-16-37-25-14-11-23(17-20(25)3)28(33)26-27(22-9-12-24(13-10-22)36-5-2)32(30(35)29(26)34)19-21-8-7-15-31-18-21/h7-15,17-18,27,33H,4-6,16,19H2,1-3H3/b28-26+. The van der Waals surface area contributed by atoms with E-state index in [1.54, 1.807) is 54.9 Å². The zero-order valence-corrected chi connectivity index (χ0v) is 21.5. The third-order valence-corrected chi connectivity index (χ3v) is 6.35. The van der Waals surface area contributed by atoms with Crippen LogP contribution in [-0.4, -0.2) is 29.8 Å². The molecule has 0 aliphatic carbocycles. The van der Waals surface area contributed by atoms with Crippen LogP contribution in [0.15, 0.2) is 72.6 Å². The van der Waals surface area contributed by atoms with Crippen LogP contribution in [0, 0.1) is 6.92 Å². The fourth-order valence-corrected chi connectivity index (χ4v) is 4.45. The Morgan fingerprint density at radius 2 is 1.84 bits per heavy atom. The van der Waals surface area contributed by atoms with Gasteiger partial charge < -0.3 is 19.5 Å². The van der Waals surface area contributed by atoms with Crippen molar-refractivity contribution in [2.24, 2.45) is 0 Å². The van der Waals surface area contributed by atoms with E-state index in [-0.39, 0.29) is 12.1 Å². The van der Waals surface area contributed by atoms with Gasteiger partial charge in [-0.1, -0.05) is 37.3 Å². The van der Waals surface area contributed by atoms with Gasteiger partial charge in [-0.2, -0.15) is 0 Å². The van der Waals surface area contributed by atoms with Crippen molar-refractivity contribution < 1.29 is 29.2 Å².